The van der Waals surface area contributed by atoms with Gasteiger partial charge in [-0.15, -0.1) is 0 Å². The fraction of sp³-hybridized carbons (Fsp3) is 0.857. The van der Waals surface area contributed by atoms with Crippen LogP contribution >= 0.6 is 0 Å². The predicted molar refractivity (Wildman–Crippen MR) is 73.6 cm³/mol. The topological polar surface area (TPSA) is 61.4 Å². The van der Waals surface area contributed by atoms with Crippen LogP contribution in [0.5, 0.6) is 0 Å². The molecular formula is C14H25N3O2. The highest BCUT2D eigenvalue weighted by Gasteiger charge is 2.32. The monoisotopic (exact) mass is 267 g/mol. The first-order valence-corrected chi connectivity index (χ1v) is 7.40. The summed E-state index contributed by atoms with van der Waals surface area (Å²) >= 11 is 0. The maximum absolute atomic E-state index is 11.7. The fourth-order valence-electron chi connectivity index (χ4n) is 2.74. The molecule has 1 heterocycles. The molecule has 0 bridgehead atoms. The van der Waals surface area contributed by atoms with Crippen LogP contribution in [0.1, 0.15) is 39.0 Å². The Kier molecular flexibility index (Phi) is 5.19. The number of likely N-dealkylation sites (tertiary alicyclic amines) is 1. The summed E-state index contributed by atoms with van der Waals surface area (Å²) in [5, 5.41) is 5.53. The lowest BCUT2D eigenvalue weighted by molar-refractivity contribution is -0.123. The number of carbonyl (C=O) groups is 2. The van der Waals surface area contributed by atoms with Crippen LogP contribution in [0.3, 0.4) is 0 Å². The van der Waals surface area contributed by atoms with E-state index in [1.807, 2.05) is 0 Å². The first kappa shape index (κ1) is 14.3. The van der Waals surface area contributed by atoms with Crippen molar-refractivity contribution in [3.05, 3.63) is 0 Å². The number of rotatable bonds is 6. The lowest BCUT2D eigenvalue weighted by atomic mass is 9.93. The van der Waals surface area contributed by atoms with Crippen molar-refractivity contribution < 1.29 is 9.59 Å². The van der Waals surface area contributed by atoms with Crippen LogP contribution in [0.25, 0.3) is 0 Å². The summed E-state index contributed by atoms with van der Waals surface area (Å²) in [4.78, 5) is 25.0. The van der Waals surface area contributed by atoms with Crippen LogP contribution in [-0.4, -0.2) is 48.9 Å². The average Bonchev–Trinajstić information content (AvgIpc) is 3.20. The number of carbonyl (C=O) groups excluding carboxylic acids is 2. The largest absolute Gasteiger partial charge is 0.355 e. The van der Waals surface area contributed by atoms with Crippen molar-refractivity contribution in [1.29, 1.82) is 0 Å². The molecule has 2 aliphatic rings. The molecule has 0 aromatic rings. The van der Waals surface area contributed by atoms with Crippen LogP contribution in [0.2, 0.25) is 0 Å². The second-order valence-corrected chi connectivity index (χ2v) is 5.75. The molecule has 0 unspecified atom stereocenters. The van der Waals surface area contributed by atoms with Gasteiger partial charge in [-0.1, -0.05) is 0 Å². The molecule has 1 saturated heterocycles. The third-order valence-electron chi connectivity index (χ3n) is 4.01. The lowest BCUT2D eigenvalue weighted by Gasteiger charge is -2.31. The molecule has 0 aromatic carbocycles. The third kappa shape index (κ3) is 5.19. The smallest absolute Gasteiger partial charge is 0.220 e. The van der Waals surface area contributed by atoms with Gasteiger partial charge in [-0.05, 0) is 44.7 Å². The molecule has 0 spiro atoms. The first-order valence-electron chi connectivity index (χ1n) is 7.40. The minimum atomic E-state index is -0.0540. The van der Waals surface area contributed by atoms with Gasteiger partial charge >= 0.3 is 0 Å². The van der Waals surface area contributed by atoms with Crippen LogP contribution < -0.4 is 10.6 Å². The molecular weight excluding hydrogens is 242 g/mol. The number of hydrogen-bond donors (Lipinski definition) is 2. The SMILES string of the molecule is CC(=O)NCCNC(=O)CC1CCN(C2CC2)CC1. The standard InChI is InChI=1S/C14H25N3O2/c1-11(18)15-6-7-16-14(19)10-12-4-8-17(9-5-12)13-2-3-13/h12-13H,2-10H2,1H3,(H,15,18)(H,16,19). The summed E-state index contributed by atoms with van der Waals surface area (Å²) < 4.78 is 0. The fourth-order valence-corrected chi connectivity index (χ4v) is 2.74. The van der Waals surface area contributed by atoms with E-state index >= 15 is 0 Å². The van der Waals surface area contributed by atoms with Crippen molar-refractivity contribution >= 4 is 11.8 Å². The average molecular weight is 267 g/mol. The van der Waals surface area contributed by atoms with Gasteiger partial charge in [0, 0.05) is 32.5 Å². The minimum Gasteiger partial charge on any atom is -0.355 e. The molecule has 1 aliphatic carbocycles. The van der Waals surface area contributed by atoms with Crippen LogP contribution in [0, 0.1) is 5.92 Å². The highest BCUT2D eigenvalue weighted by atomic mass is 16.2. The zero-order chi connectivity index (χ0) is 13.7. The summed E-state index contributed by atoms with van der Waals surface area (Å²) in [6.45, 7) is 4.85. The van der Waals surface area contributed by atoms with Crippen molar-refractivity contribution in [3.8, 4) is 0 Å². The first-order chi connectivity index (χ1) is 9.15. The molecule has 19 heavy (non-hydrogen) atoms. The van der Waals surface area contributed by atoms with Crippen LogP contribution in [0.4, 0.5) is 0 Å². The number of nitrogens with zero attached hydrogens (tertiary/aromatic N) is 1. The Hall–Kier alpha value is -1.10. The van der Waals surface area contributed by atoms with E-state index in [1.54, 1.807) is 0 Å². The summed E-state index contributed by atoms with van der Waals surface area (Å²) in [7, 11) is 0. The van der Waals surface area contributed by atoms with Gasteiger partial charge in [0.1, 0.15) is 0 Å². The van der Waals surface area contributed by atoms with Gasteiger partial charge in [0.05, 0.1) is 0 Å². The van der Waals surface area contributed by atoms with Gasteiger partial charge in [0.25, 0.3) is 0 Å². The molecule has 5 nitrogen and oxygen atoms in total. The number of amides is 2. The van der Waals surface area contributed by atoms with E-state index in [1.165, 1.54) is 19.8 Å². The van der Waals surface area contributed by atoms with Crippen molar-refractivity contribution in [2.75, 3.05) is 26.2 Å². The van der Waals surface area contributed by atoms with Crippen molar-refractivity contribution in [1.82, 2.24) is 15.5 Å². The van der Waals surface area contributed by atoms with E-state index in [9.17, 15) is 9.59 Å². The summed E-state index contributed by atoms with van der Waals surface area (Å²) in [5.74, 6) is 0.604. The zero-order valence-corrected chi connectivity index (χ0v) is 11.8. The van der Waals surface area contributed by atoms with Gasteiger partial charge < -0.3 is 15.5 Å². The van der Waals surface area contributed by atoms with E-state index < -0.39 is 0 Å². The highest BCUT2D eigenvalue weighted by Crippen LogP contribution is 2.31. The van der Waals surface area contributed by atoms with Crippen LogP contribution in [-0.2, 0) is 9.59 Å². The van der Waals surface area contributed by atoms with Gasteiger partial charge in [-0.25, -0.2) is 0 Å². The Morgan fingerprint density at radius 1 is 1.05 bits per heavy atom. The molecule has 108 valence electrons. The molecule has 0 aromatic heterocycles. The maximum atomic E-state index is 11.7. The zero-order valence-electron chi connectivity index (χ0n) is 11.8. The molecule has 1 aliphatic heterocycles. The van der Waals surface area contributed by atoms with Gasteiger partial charge in [0.15, 0.2) is 0 Å². The Bertz CT molecular complexity index is 321. The van der Waals surface area contributed by atoms with Crippen molar-refractivity contribution in [3.63, 3.8) is 0 Å². The quantitative estimate of drug-likeness (QED) is 0.689. The number of hydrogen-bond acceptors (Lipinski definition) is 3. The van der Waals surface area contributed by atoms with Crippen molar-refractivity contribution in [2.45, 2.75) is 45.1 Å². The Morgan fingerprint density at radius 2 is 1.68 bits per heavy atom. The van der Waals surface area contributed by atoms with E-state index in [2.05, 4.69) is 15.5 Å². The number of nitrogens with one attached hydrogen (secondary N) is 2. The predicted octanol–water partition coefficient (Wildman–Crippen LogP) is 0.503. The Balaban J connectivity index is 1.54. The van der Waals surface area contributed by atoms with E-state index in [-0.39, 0.29) is 11.8 Å². The third-order valence-corrected chi connectivity index (χ3v) is 4.01. The molecule has 2 fully saturated rings. The number of piperidine rings is 1. The molecule has 2 N–H and O–H groups in total. The Labute approximate surface area is 115 Å². The normalized spacial score (nSPS) is 21.1. The molecule has 2 rings (SSSR count). The maximum Gasteiger partial charge on any atom is 0.220 e. The molecule has 0 atom stereocenters. The van der Waals surface area contributed by atoms with Crippen molar-refractivity contribution in [2.24, 2.45) is 5.92 Å². The van der Waals surface area contributed by atoms with Crippen LogP contribution in [0.15, 0.2) is 0 Å². The Morgan fingerprint density at radius 3 is 2.26 bits per heavy atom. The minimum absolute atomic E-state index is 0.0540. The highest BCUT2D eigenvalue weighted by molar-refractivity contribution is 5.76. The lowest BCUT2D eigenvalue weighted by Crippen LogP contribution is -2.38. The molecule has 2 amide bonds. The van der Waals surface area contributed by atoms with E-state index in [0.717, 1.165) is 32.0 Å². The van der Waals surface area contributed by atoms with E-state index in [0.29, 0.717) is 25.4 Å². The second-order valence-electron chi connectivity index (χ2n) is 5.75. The summed E-state index contributed by atoms with van der Waals surface area (Å²) in [6, 6.07) is 0.854. The summed E-state index contributed by atoms with van der Waals surface area (Å²) in [5.41, 5.74) is 0. The molecule has 5 heteroatoms. The molecule has 1 saturated carbocycles. The van der Waals surface area contributed by atoms with Gasteiger partial charge in [0.2, 0.25) is 11.8 Å². The second kappa shape index (κ2) is 6.89. The van der Waals surface area contributed by atoms with E-state index in [4.69, 9.17) is 0 Å². The molecule has 0 radical (unpaired) electrons. The van der Waals surface area contributed by atoms with Gasteiger partial charge in [-0.2, -0.15) is 0 Å². The summed E-state index contributed by atoms with van der Waals surface area (Å²) in [6.07, 6.45) is 5.67. The van der Waals surface area contributed by atoms with Gasteiger partial charge in [-0.3, -0.25) is 9.59 Å².